The van der Waals surface area contributed by atoms with Gasteiger partial charge in [0.15, 0.2) is 0 Å². The molecule has 6 atom stereocenters. The Balaban J connectivity index is 1.34. The molecular weight excluding hydrogens is 362 g/mol. The fourth-order valence-electron chi connectivity index (χ4n) is 6.32. The average Bonchev–Trinajstić information content (AvgIpc) is 3.57. The summed E-state index contributed by atoms with van der Waals surface area (Å²) < 4.78 is 11.7. The second-order valence-electron chi connectivity index (χ2n) is 9.96. The number of aryl methyl sites for hydroxylation is 1. The first-order valence-electron chi connectivity index (χ1n) is 11.8. The number of carbonyl (C=O) groups excluding carboxylic acids is 1. The van der Waals surface area contributed by atoms with E-state index in [0.717, 1.165) is 18.6 Å². The van der Waals surface area contributed by atoms with Crippen LogP contribution in [0.2, 0.25) is 0 Å². The number of hydrogen-bond acceptors (Lipinski definition) is 4. The van der Waals surface area contributed by atoms with E-state index in [1.54, 1.807) is 0 Å². The molecule has 3 fully saturated rings. The monoisotopic (exact) mass is 397 g/mol. The van der Waals surface area contributed by atoms with Gasteiger partial charge in [-0.3, -0.25) is 4.79 Å². The predicted molar refractivity (Wildman–Crippen MR) is 113 cm³/mol. The van der Waals surface area contributed by atoms with E-state index >= 15 is 0 Å². The molecule has 0 spiro atoms. The quantitative estimate of drug-likeness (QED) is 0.738. The molecule has 4 heteroatoms. The van der Waals surface area contributed by atoms with Crippen molar-refractivity contribution in [2.24, 2.45) is 17.8 Å². The van der Waals surface area contributed by atoms with Crippen LogP contribution in [0.3, 0.4) is 0 Å². The lowest BCUT2D eigenvalue weighted by Gasteiger charge is -2.44. The molecule has 29 heavy (non-hydrogen) atoms. The first kappa shape index (κ1) is 19.4. The number of esters is 1. The van der Waals surface area contributed by atoms with E-state index in [4.69, 9.17) is 9.47 Å². The van der Waals surface area contributed by atoms with Crippen molar-refractivity contribution in [3.05, 3.63) is 29.3 Å². The number of benzene rings is 1. The summed E-state index contributed by atoms with van der Waals surface area (Å²) in [5.41, 5.74) is 2.59. The Hall–Kier alpha value is -1.55. The van der Waals surface area contributed by atoms with Gasteiger partial charge in [-0.05, 0) is 86.3 Å². The normalized spacial score (nSPS) is 33.2. The molecule has 4 aliphatic rings. The zero-order valence-electron chi connectivity index (χ0n) is 17.9. The highest BCUT2D eigenvalue weighted by Crippen LogP contribution is 2.48. The van der Waals surface area contributed by atoms with Crippen molar-refractivity contribution in [2.75, 3.05) is 7.11 Å². The summed E-state index contributed by atoms with van der Waals surface area (Å²) in [7, 11) is 1.50. The summed E-state index contributed by atoms with van der Waals surface area (Å²) in [6.07, 6.45) is 11.6. The number of fused-ring (bicyclic) bond motifs is 3. The maximum Gasteiger partial charge on any atom is 0.309 e. The van der Waals surface area contributed by atoms with Crippen molar-refractivity contribution < 1.29 is 14.3 Å². The molecule has 1 aromatic carbocycles. The molecular formula is C25H35NO3. The summed E-state index contributed by atoms with van der Waals surface area (Å²) in [6, 6.07) is 8.14. The molecule has 0 amide bonds. The van der Waals surface area contributed by atoms with Crippen LogP contribution in [0.15, 0.2) is 18.2 Å². The first-order chi connectivity index (χ1) is 14.1. The van der Waals surface area contributed by atoms with E-state index in [1.165, 1.54) is 63.2 Å². The van der Waals surface area contributed by atoms with Crippen LogP contribution >= 0.6 is 0 Å². The molecule has 1 N–H and O–H groups in total. The van der Waals surface area contributed by atoms with Crippen LogP contribution in [-0.4, -0.2) is 31.3 Å². The highest BCUT2D eigenvalue weighted by atomic mass is 16.5. The van der Waals surface area contributed by atoms with Gasteiger partial charge in [-0.25, -0.2) is 0 Å². The Labute approximate surface area is 174 Å². The van der Waals surface area contributed by atoms with Crippen LogP contribution in [0.25, 0.3) is 0 Å². The summed E-state index contributed by atoms with van der Waals surface area (Å²) in [5, 5.41) is 3.81. The third-order valence-electron chi connectivity index (χ3n) is 7.97. The van der Waals surface area contributed by atoms with Crippen LogP contribution in [0.4, 0.5) is 0 Å². The van der Waals surface area contributed by atoms with Gasteiger partial charge >= 0.3 is 5.97 Å². The first-order valence-corrected chi connectivity index (χ1v) is 11.8. The Morgan fingerprint density at radius 1 is 1.14 bits per heavy atom. The van der Waals surface area contributed by atoms with E-state index in [-0.39, 0.29) is 17.8 Å². The second-order valence-corrected chi connectivity index (χ2v) is 9.96. The van der Waals surface area contributed by atoms with E-state index in [9.17, 15) is 4.79 Å². The van der Waals surface area contributed by atoms with Gasteiger partial charge in [-0.15, -0.1) is 0 Å². The van der Waals surface area contributed by atoms with Crippen LogP contribution in [0.5, 0.6) is 5.75 Å². The number of ether oxygens (including phenoxy) is 2. The number of piperidine rings is 2. The SMILES string of the molecule is COC(=O)[C@H](C)[C@H](c1ccc2c(c1)O[C@@H](C1C[C@H]3CCC[C@@H](C1)N3)CC2)C1CC1. The van der Waals surface area contributed by atoms with Crippen LogP contribution in [0, 0.1) is 17.8 Å². The van der Waals surface area contributed by atoms with E-state index in [0.29, 0.717) is 30.0 Å². The fourth-order valence-corrected chi connectivity index (χ4v) is 6.32. The molecule has 4 nitrogen and oxygen atoms in total. The van der Waals surface area contributed by atoms with Crippen LogP contribution < -0.4 is 10.1 Å². The molecule has 1 aliphatic carbocycles. The molecule has 0 radical (unpaired) electrons. The van der Waals surface area contributed by atoms with Gasteiger partial charge in [0.1, 0.15) is 11.9 Å². The molecule has 2 saturated heterocycles. The van der Waals surface area contributed by atoms with Crippen molar-refractivity contribution in [1.29, 1.82) is 0 Å². The summed E-state index contributed by atoms with van der Waals surface area (Å²) in [4.78, 5) is 12.2. The largest absolute Gasteiger partial charge is 0.490 e. The van der Waals surface area contributed by atoms with Crippen molar-refractivity contribution in [1.82, 2.24) is 5.32 Å². The Kier molecular flexibility index (Phi) is 5.32. The van der Waals surface area contributed by atoms with Gasteiger partial charge in [-0.2, -0.15) is 0 Å². The van der Waals surface area contributed by atoms with Gasteiger partial charge in [0.05, 0.1) is 13.0 Å². The van der Waals surface area contributed by atoms with E-state index in [2.05, 4.69) is 23.5 Å². The summed E-state index contributed by atoms with van der Waals surface area (Å²) in [5.74, 6) is 2.40. The van der Waals surface area contributed by atoms with E-state index in [1.807, 2.05) is 6.92 Å². The third kappa shape index (κ3) is 3.93. The smallest absolute Gasteiger partial charge is 0.309 e. The van der Waals surface area contributed by atoms with Crippen molar-refractivity contribution in [3.8, 4) is 5.75 Å². The van der Waals surface area contributed by atoms with Gasteiger partial charge < -0.3 is 14.8 Å². The van der Waals surface area contributed by atoms with Gasteiger partial charge in [0, 0.05) is 12.1 Å². The lowest BCUT2D eigenvalue weighted by molar-refractivity contribution is -0.145. The Morgan fingerprint density at radius 3 is 2.59 bits per heavy atom. The fraction of sp³-hybridized carbons (Fsp3) is 0.720. The average molecular weight is 398 g/mol. The van der Waals surface area contributed by atoms with Gasteiger partial charge in [-0.1, -0.05) is 25.5 Å². The number of rotatable bonds is 5. The van der Waals surface area contributed by atoms with Crippen LogP contribution in [-0.2, 0) is 16.0 Å². The molecule has 1 saturated carbocycles. The zero-order valence-corrected chi connectivity index (χ0v) is 17.9. The van der Waals surface area contributed by atoms with Gasteiger partial charge in [0.25, 0.3) is 0 Å². The molecule has 158 valence electrons. The minimum atomic E-state index is -0.103. The van der Waals surface area contributed by atoms with E-state index < -0.39 is 0 Å². The highest BCUT2D eigenvalue weighted by molar-refractivity contribution is 5.73. The molecule has 0 aromatic heterocycles. The van der Waals surface area contributed by atoms with Gasteiger partial charge in [0.2, 0.25) is 0 Å². The standard InChI is InChI=1S/C25H35NO3/c1-15(25(27)28-2)24(17-7-8-17)18-9-6-16-10-11-22(29-23(16)14-18)19-12-20-4-3-5-21(13-19)26-20/h6,9,14-15,17,19-22,24,26H,3-5,7-8,10-13H2,1-2H3/t15-,19?,20-,21+,22-,24+/m1/s1. The Morgan fingerprint density at radius 2 is 1.90 bits per heavy atom. The maximum absolute atomic E-state index is 12.2. The summed E-state index contributed by atoms with van der Waals surface area (Å²) >= 11 is 0. The topological polar surface area (TPSA) is 47.6 Å². The minimum Gasteiger partial charge on any atom is -0.490 e. The molecule has 3 aliphatic heterocycles. The lowest BCUT2D eigenvalue weighted by atomic mass is 9.76. The molecule has 2 bridgehead atoms. The van der Waals surface area contributed by atoms with Crippen molar-refractivity contribution >= 4 is 5.97 Å². The summed E-state index contributed by atoms with van der Waals surface area (Å²) in [6.45, 7) is 2.02. The van der Waals surface area contributed by atoms with Crippen LogP contribution in [0.1, 0.15) is 75.3 Å². The number of nitrogens with one attached hydrogen (secondary N) is 1. The number of carbonyl (C=O) groups is 1. The molecule has 1 unspecified atom stereocenters. The van der Waals surface area contributed by atoms with Crippen molar-refractivity contribution in [2.45, 2.75) is 88.8 Å². The molecule has 5 rings (SSSR count). The zero-order chi connectivity index (χ0) is 20.0. The third-order valence-corrected chi connectivity index (χ3v) is 7.97. The Bertz CT molecular complexity index is 746. The number of hydrogen-bond donors (Lipinski definition) is 1. The predicted octanol–water partition coefficient (Wildman–Crippen LogP) is 4.60. The second kappa shape index (κ2) is 7.94. The maximum atomic E-state index is 12.2. The number of methoxy groups -OCH3 is 1. The highest BCUT2D eigenvalue weighted by Gasteiger charge is 2.40. The van der Waals surface area contributed by atoms with Crippen molar-refractivity contribution in [3.63, 3.8) is 0 Å². The molecule has 3 heterocycles. The lowest BCUT2D eigenvalue weighted by Crippen LogP contribution is -2.51. The minimum absolute atomic E-state index is 0.0975. The molecule has 1 aromatic rings.